The van der Waals surface area contributed by atoms with Crippen LogP contribution in [0.5, 0.6) is 0 Å². The van der Waals surface area contributed by atoms with E-state index in [4.69, 9.17) is 5.73 Å². The minimum atomic E-state index is -3.46. The second-order valence-corrected chi connectivity index (χ2v) is 7.72. The van der Waals surface area contributed by atoms with Crippen LogP contribution in [0.15, 0.2) is 4.90 Å². The van der Waals surface area contributed by atoms with Crippen molar-refractivity contribution in [1.29, 1.82) is 0 Å². The molecule has 0 spiro atoms. The van der Waals surface area contributed by atoms with Gasteiger partial charge in [0.05, 0.1) is 10.6 Å². The first-order chi connectivity index (χ1) is 9.36. The number of hydrogen-bond acceptors (Lipinski definition) is 7. The van der Waals surface area contributed by atoms with Crippen molar-refractivity contribution >= 4 is 37.6 Å². The van der Waals surface area contributed by atoms with Crippen LogP contribution in [0.1, 0.15) is 23.0 Å². The number of thiophene rings is 1. The van der Waals surface area contributed by atoms with Gasteiger partial charge in [-0.15, -0.1) is 11.3 Å². The van der Waals surface area contributed by atoms with E-state index in [9.17, 15) is 13.2 Å². The number of nitrogens with two attached hydrogens (primary N) is 1. The smallest absolute Gasteiger partial charge is 0.180 e. The first kappa shape index (κ1) is 15.3. The van der Waals surface area contributed by atoms with Crippen LogP contribution in [0.4, 0.5) is 10.7 Å². The second kappa shape index (κ2) is 5.71. The van der Waals surface area contributed by atoms with E-state index in [0.29, 0.717) is 29.4 Å². The summed E-state index contributed by atoms with van der Waals surface area (Å²) in [5, 5.41) is 3.81. The number of carbonyl (C=O) groups excluding carboxylic acids is 1. The van der Waals surface area contributed by atoms with Gasteiger partial charge in [-0.05, 0) is 0 Å². The number of carbonyl (C=O) groups is 1. The Morgan fingerprint density at radius 1 is 1.40 bits per heavy atom. The molecule has 0 saturated carbocycles. The molecule has 1 aromatic heterocycles. The molecule has 8 heteroatoms. The molecule has 2 rings (SSSR count). The summed E-state index contributed by atoms with van der Waals surface area (Å²) in [7, 11) is -3.46. The summed E-state index contributed by atoms with van der Waals surface area (Å²) in [6.45, 7) is 4.74. The zero-order chi connectivity index (χ0) is 14.9. The number of nitrogen functional groups attached to an aromatic ring is 1. The lowest BCUT2D eigenvalue weighted by molar-refractivity contribution is 0.0992. The topological polar surface area (TPSA) is 92.5 Å². The highest BCUT2D eigenvalue weighted by atomic mass is 32.2. The van der Waals surface area contributed by atoms with Gasteiger partial charge in [-0.3, -0.25) is 4.79 Å². The highest BCUT2D eigenvalue weighted by Gasteiger charge is 2.29. The molecule has 1 saturated heterocycles. The van der Waals surface area contributed by atoms with Gasteiger partial charge in [-0.25, -0.2) is 8.42 Å². The molecule has 6 nitrogen and oxygen atoms in total. The van der Waals surface area contributed by atoms with Crippen LogP contribution in [-0.4, -0.2) is 46.6 Å². The summed E-state index contributed by atoms with van der Waals surface area (Å²) in [5.74, 6) is -0.112. The quantitative estimate of drug-likeness (QED) is 0.796. The molecule has 20 heavy (non-hydrogen) atoms. The molecule has 0 amide bonds. The van der Waals surface area contributed by atoms with Gasteiger partial charge in [0.25, 0.3) is 0 Å². The molecule has 0 aromatic carbocycles. The molecule has 1 fully saturated rings. The van der Waals surface area contributed by atoms with E-state index < -0.39 is 9.84 Å². The predicted octanol–water partition coefficient (Wildman–Crippen LogP) is 0.736. The maximum absolute atomic E-state index is 12.0. The van der Waals surface area contributed by atoms with Crippen LogP contribution >= 0.6 is 11.3 Å². The van der Waals surface area contributed by atoms with Crippen molar-refractivity contribution in [2.24, 2.45) is 0 Å². The van der Waals surface area contributed by atoms with Gasteiger partial charge in [-0.1, -0.05) is 6.92 Å². The molecule has 0 aliphatic carbocycles. The fraction of sp³-hybridized carbons (Fsp3) is 0.583. The number of nitrogens with zero attached hydrogens (tertiary/aromatic N) is 1. The summed E-state index contributed by atoms with van der Waals surface area (Å²) in [4.78, 5) is 14.4. The Kier molecular flexibility index (Phi) is 4.36. The Bertz CT molecular complexity index is 616. The summed E-state index contributed by atoms with van der Waals surface area (Å²) in [5.41, 5.74) is 6.05. The standard InChI is InChI=1S/C12H19N3O3S2/c1-3-8(16)10-9(13)11(20(2,17)18)12(19-10)15-6-4-14-5-7-15/h14H,3-7,13H2,1-2H3. The zero-order valence-corrected chi connectivity index (χ0v) is 13.2. The normalized spacial score (nSPS) is 16.4. The van der Waals surface area contributed by atoms with E-state index in [-0.39, 0.29) is 16.4 Å². The van der Waals surface area contributed by atoms with Crippen LogP contribution in [0.2, 0.25) is 0 Å². The van der Waals surface area contributed by atoms with Gasteiger partial charge >= 0.3 is 0 Å². The zero-order valence-electron chi connectivity index (χ0n) is 11.6. The van der Waals surface area contributed by atoms with Crippen molar-refractivity contribution in [3.8, 4) is 0 Å². The Labute approximate surface area is 122 Å². The Morgan fingerprint density at radius 2 is 2.00 bits per heavy atom. The molecule has 0 bridgehead atoms. The Balaban J connectivity index is 2.57. The number of Topliss-reactive ketones (excluding diaryl/α,β-unsaturated/α-hetero) is 1. The summed E-state index contributed by atoms with van der Waals surface area (Å²) >= 11 is 1.20. The minimum absolute atomic E-state index is 0.109. The lowest BCUT2D eigenvalue weighted by Gasteiger charge is -2.28. The monoisotopic (exact) mass is 317 g/mol. The molecule has 1 aliphatic heterocycles. The van der Waals surface area contributed by atoms with Gasteiger partial charge in [0.1, 0.15) is 9.90 Å². The predicted molar refractivity (Wildman–Crippen MR) is 81.5 cm³/mol. The molecule has 2 heterocycles. The van der Waals surface area contributed by atoms with E-state index in [1.165, 1.54) is 11.3 Å². The highest BCUT2D eigenvalue weighted by molar-refractivity contribution is 7.91. The van der Waals surface area contributed by atoms with E-state index >= 15 is 0 Å². The number of nitrogens with one attached hydrogen (secondary N) is 1. The Morgan fingerprint density at radius 3 is 2.50 bits per heavy atom. The van der Waals surface area contributed by atoms with Gasteiger partial charge < -0.3 is 16.0 Å². The van der Waals surface area contributed by atoms with Crippen molar-refractivity contribution in [2.75, 3.05) is 43.1 Å². The summed E-state index contributed by atoms with van der Waals surface area (Å²) in [6.07, 6.45) is 1.45. The van der Waals surface area contributed by atoms with Crippen molar-refractivity contribution in [3.05, 3.63) is 4.88 Å². The molecule has 112 valence electrons. The maximum atomic E-state index is 12.0. The molecule has 0 atom stereocenters. The Hall–Kier alpha value is -1.12. The number of anilines is 2. The van der Waals surface area contributed by atoms with Crippen molar-refractivity contribution in [2.45, 2.75) is 18.2 Å². The highest BCUT2D eigenvalue weighted by Crippen LogP contribution is 2.42. The van der Waals surface area contributed by atoms with E-state index in [1.807, 2.05) is 4.90 Å². The number of hydrogen-bond donors (Lipinski definition) is 2. The van der Waals surface area contributed by atoms with E-state index in [1.54, 1.807) is 6.92 Å². The van der Waals surface area contributed by atoms with Crippen LogP contribution in [0.25, 0.3) is 0 Å². The minimum Gasteiger partial charge on any atom is -0.396 e. The van der Waals surface area contributed by atoms with Crippen molar-refractivity contribution in [3.63, 3.8) is 0 Å². The number of ketones is 1. The van der Waals surface area contributed by atoms with Gasteiger partial charge in [-0.2, -0.15) is 0 Å². The van der Waals surface area contributed by atoms with Crippen LogP contribution < -0.4 is 16.0 Å². The molecule has 1 aliphatic rings. The lowest BCUT2D eigenvalue weighted by Crippen LogP contribution is -2.43. The third-order valence-electron chi connectivity index (χ3n) is 3.23. The molecule has 0 unspecified atom stereocenters. The van der Waals surface area contributed by atoms with Crippen LogP contribution in [-0.2, 0) is 9.84 Å². The molecule has 1 aromatic rings. The van der Waals surface area contributed by atoms with Crippen molar-refractivity contribution in [1.82, 2.24) is 5.32 Å². The largest absolute Gasteiger partial charge is 0.396 e. The summed E-state index contributed by atoms with van der Waals surface area (Å²) < 4.78 is 24.0. The summed E-state index contributed by atoms with van der Waals surface area (Å²) in [6, 6.07) is 0. The van der Waals surface area contributed by atoms with Crippen LogP contribution in [0.3, 0.4) is 0 Å². The molecular formula is C12H19N3O3S2. The third kappa shape index (κ3) is 2.82. The molecular weight excluding hydrogens is 298 g/mol. The average Bonchev–Trinajstić information content (AvgIpc) is 2.76. The number of sulfone groups is 1. The van der Waals surface area contributed by atoms with Gasteiger partial charge in [0.15, 0.2) is 15.6 Å². The van der Waals surface area contributed by atoms with E-state index in [0.717, 1.165) is 19.3 Å². The first-order valence-corrected chi connectivity index (χ1v) is 9.18. The van der Waals surface area contributed by atoms with Gasteiger partial charge in [0.2, 0.25) is 0 Å². The fourth-order valence-corrected chi connectivity index (χ4v) is 4.99. The van der Waals surface area contributed by atoms with Crippen LogP contribution in [0, 0.1) is 0 Å². The SMILES string of the molecule is CCC(=O)c1sc(N2CCNCC2)c(S(C)(=O)=O)c1N. The second-order valence-electron chi connectivity index (χ2n) is 4.77. The van der Waals surface area contributed by atoms with Crippen molar-refractivity contribution < 1.29 is 13.2 Å². The first-order valence-electron chi connectivity index (χ1n) is 6.47. The fourth-order valence-electron chi connectivity index (χ4n) is 2.22. The molecule has 3 N–H and O–H groups in total. The lowest BCUT2D eigenvalue weighted by atomic mass is 10.2. The number of piperazine rings is 1. The maximum Gasteiger partial charge on any atom is 0.180 e. The number of rotatable bonds is 4. The average molecular weight is 317 g/mol. The third-order valence-corrected chi connectivity index (χ3v) is 5.82. The van der Waals surface area contributed by atoms with E-state index in [2.05, 4.69) is 5.32 Å². The molecule has 0 radical (unpaired) electrons. The van der Waals surface area contributed by atoms with Gasteiger partial charge in [0, 0.05) is 38.9 Å².